The molecule has 3 amide bonds. The van der Waals surface area contributed by atoms with Gasteiger partial charge in [-0.2, -0.15) is 5.10 Å². The number of aromatic nitrogens is 2. The van der Waals surface area contributed by atoms with E-state index in [1.54, 1.807) is 4.68 Å². The van der Waals surface area contributed by atoms with Gasteiger partial charge in [-0.1, -0.05) is 56.7 Å². The summed E-state index contributed by atoms with van der Waals surface area (Å²) in [6.07, 6.45) is 0. The van der Waals surface area contributed by atoms with Crippen LogP contribution in [0.3, 0.4) is 0 Å². The third kappa shape index (κ3) is 6.29. The zero-order valence-corrected chi connectivity index (χ0v) is 22.1. The van der Waals surface area contributed by atoms with Crippen molar-refractivity contribution >= 4 is 23.4 Å². The number of para-hydroxylation sites is 1. The van der Waals surface area contributed by atoms with Crippen molar-refractivity contribution in [3.63, 3.8) is 0 Å². The van der Waals surface area contributed by atoms with Crippen LogP contribution in [0.4, 0.5) is 16.3 Å². The first kappa shape index (κ1) is 26.0. The number of carbonyl (C=O) groups is 2. The summed E-state index contributed by atoms with van der Waals surface area (Å²) in [4.78, 5) is 27.7. The van der Waals surface area contributed by atoms with E-state index in [1.165, 1.54) is 4.90 Å². The van der Waals surface area contributed by atoms with E-state index in [2.05, 4.69) is 31.4 Å². The lowest BCUT2D eigenvalue weighted by Gasteiger charge is -2.27. The Morgan fingerprint density at radius 1 is 0.971 bits per heavy atom. The summed E-state index contributed by atoms with van der Waals surface area (Å²) in [6, 6.07) is 15.2. The summed E-state index contributed by atoms with van der Waals surface area (Å²) in [5.74, 6) is 0.289. The van der Waals surface area contributed by atoms with Gasteiger partial charge < -0.3 is 15.5 Å². The Labute approximate surface area is 208 Å². The van der Waals surface area contributed by atoms with Crippen LogP contribution in [0.25, 0.3) is 5.69 Å². The van der Waals surface area contributed by atoms with Gasteiger partial charge in [0.05, 0.1) is 11.4 Å². The van der Waals surface area contributed by atoms with Gasteiger partial charge in [0.15, 0.2) is 0 Å². The smallest absolute Gasteiger partial charge is 0.313 e. The summed E-state index contributed by atoms with van der Waals surface area (Å²) in [7, 11) is 0. The molecule has 1 aromatic heterocycles. The number of amides is 3. The highest BCUT2D eigenvalue weighted by atomic mass is 16.2. The Morgan fingerprint density at radius 2 is 1.66 bits per heavy atom. The van der Waals surface area contributed by atoms with Gasteiger partial charge >= 0.3 is 6.03 Å². The number of carbonyl (C=O) groups excluding carboxylic acids is 2. The van der Waals surface area contributed by atoms with Gasteiger partial charge in [0.2, 0.25) is 5.91 Å². The van der Waals surface area contributed by atoms with Crippen LogP contribution in [-0.4, -0.2) is 39.2 Å². The Balaban J connectivity index is 1.83. The quantitative estimate of drug-likeness (QED) is 0.460. The minimum absolute atomic E-state index is 0.0851. The molecular formula is C28H37N5O2. The lowest BCUT2D eigenvalue weighted by molar-refractivity contribution is -0.117. The number of hydrogen-bond acceptors (Lipinski definition) is 3. The molecule has 0 aliphatic heterocycles. The number of nitrogens with zero attached hydrogens (tertiary/aromatic N) is 3. The van der Waals surface area contributed by atoms with Crippen molar-refractivity contribution in [3.8, 4) is 5.69 Å². The number of urea groups is 1. The van der Waals surface area contributed by atoms with Gasteiger partial charge in [0, 0.05) is 23.2 Å². The first-order valence-corrected chi connectivity index (χ1v) is 12.0. The summed E-state index contributed by atoms with van der Waals surface area (Å²) in [5, 5.41) is 10.7. The molecule has 0 radical (unpaired) electrons. The van der Waals surface area contributed by atoms with Gasteiger partial charge in [0.1, 0.15) is 12.4 Å². The van der Waals surface area contributed by atoms with Gasteiger partial charge in [-0.05, 0) is 57.9 Å². The zero-order chi connectivity index (χ0) is 25.9. The zero-order valence-electron chi connectivity index (χ0n) is 22.1. The Kier molecular flexibility index (Phi) is 7.68. The summed E-state index contributed by atoms with van der Waals surface area (Å²) in [5.41, 5.74) is 5.45. The third-order valence-electron chi connectivity index (χ3n) is 5.91. The van der Waals surface area contributed by atoms with E-state index in [0.717, 1.165) is 33.8 Å². The predicted molar refractivity (Wildman–Crippen MR) is 142 cm³/mol. The molecule has 0 spiro atoms. The van der Waals surface area contributed by atoms with Crippen molar-refractivity contribution in [1.29, 1.82) is 0 Å². The van der Waals surface area contributed by atoms with Crippen LogP contribution in [0.5, 0.6) is 0 Å². The highest BCUT2D eigenvalue weighted by Crippen LogP contribution is 2.27. The molecule has 0 saturated heterocycles. The molecule has 0 fully saturated rings. The largest absolute Gasteiger partial charge is 0.322 e. The maximum absolute atomic E-state index is 13.1. The van der Waals surface area contributed by atoms with E-state index < -0.39 is 0 Å². The van der Waals surface area contributed by atoms with Crippen LogP contribution in [0.15, 0.2) is 48.5 Å². The van der Waals surface area contributed by atoms with E-state index in [9.17, 15) is 9.59 Å². The molecule has 0 saturated carbocycles. The molecule has 7 heteroatoms. The third-order valence-corrected chi connectivity index (χ3v) is 5.91. The Bertz CT molecular complexity index is 1220. The molecule has 0 aliphatic carbocycles. The molecule has 1 heterocycles. The van der Waals surface area contributed by atoms with E-state index in [-0.39, 0.29) is 29.9 Å². The van der Waals surface area contributed by atoms with Crippen LogP contribution in [0.2, 0.25) is 0 Å². The first-order valence-electron chi connectivity index (χ1n) is 12.0. The second kappa shape index (κ2) is 10.3. The van der Waals surface area contributed by atoms with E-state index >= 15 is 0 Å². The molecule has 186 valence electrons. The first-order chi connectivity index (χ1) is 16.4. The minimum atomic E-state index is -0.315. The average Bonchev–Trinajstić information content (AvgIpc) is 3.18. The maximum Gasteiger partial charge on any atom is 0.322 e. The second-order valence-electron chi connectivity index (χ2n) is 10.4. The molecular weight excluding hydrogens is 438 g/mol. The SMILES string of the molecule is Cc1ccc(NC(=O)N(CC(=O)Nc2cc(C(C)(C)C)nn2-c2ccccc2C)C(C)C)c(C)c1. The maximum atomic E-state index is 13.1. The highest BCUT2D eigenvalue weighted by Gasteiger charge is 2.24. The van der Waals surface area contributed by atoms with E-state index in [4.69, 9.17) is 5.10 Å². The van der Waals surface area contributed by atoms with Crippen LogP contribution in [-0.2, 0) is 10.2 Å². The fourth-order valence-electron chi connectivity index (χ4n) is 3.79. The summed E-state index contributed by atoms with van der Waals surface area (Å²) in [6.45, 7) is 15.9. The van der Waals surface area contributed by atoms with Crippen molar-refractivity contribution in [1.82, 2.24) is 14.7 Å². The highest BCUT2D eigenvalue weighted by molar-refractivity contribution is 5.97. The number of rotatable bonds is 6. The lowest BCUT2D eigenvalue weighted by atomic mass is 9.92. The van der Waals surface area contributed by atoms with E-state index in [1.807, 2.05) is 83.1 Å². The number of anilines is 2. The molecule has 2 aromatic carbocycles. The van der Waals surface area contributed by atoms with Crippen LogP contribution in [0.1, 0.15) is 57.0 Å². The van der Waals surface area contributed by atoms with Crippen LogP contribution >= 0.6 is 0 Å². The molecule has 0 bridgehead atoms. The van der Waals surface area contributed by atoms with Crippen molar-refractivity contribution in [2.24, 2.45) is 0 Å². The molecule has 3 rings (SSSR count). The van der Waals surface area contributed by atoms with Gasteiger partial charge in [-0.25, -0.2) is 9.48 Å². The predicted octanol–water partition coefficient (Wildman–Crippen LogP) is 5.98. The molecule has 0 aliphatic rings. The molecule has 0 unspecified atom stereocenters. The van der Waals surface area contributed by atoms with Gasteiger partial charge in [-0.15, -0.1) is 0 Å². The van der Waals surface area contributed by atoms with Crippen molar-refractivity contribution < 1.29 is 9.59 Å². The van der Waals surface area contributed by atoms with Crippen molar-refractivity contribution in [3.05, 3.63) is 70.9 Å². The topological polar surface area (TPSA) is 79.3 Å². The summed E-state index contributed by atoms with van der Waals surface area (Å²) < 4.78 is 1.77. The van der Waals surface area contributed by atoms with Crippen molar-refractivity contribution in [2.45, 2.75) is 66.8 Å². The fraction of sp³-hybridized carbons (Fsp3) is 0.393. The number of aryl methyl sites for hydroxylation is 3. The summed E-state index contributed by atoms with van der Waals surface area (Å²) >= 11 is 0. The normalized spacial score (nSPS) is 11.5. The number of nitrogens with one attached hydrogen (secondary N) is 2. The van der Waals surface area contributed by atoms with Crippen LogP contribution < -0.4 is 10.6 Å². The second-order valence-corrected chi connectivity index (χ2v) is 10.4. The minimum Gasteiger partial charge on any atom is -0.313 e. The molecule has 7 nitrogen and oxygen atoms in total. The van der Waals surface area contributed by atoms with E-state index in [0.29, 0.717) is 5.82 Å². The van der Waals surface area contributed by atoms with Crippen LogP contribution in [0, 0.1) is 20.8 Å². The Morgan fingerprint density at radius 3 is 2.26 bits per heavy atom. The standard InChI is InChI=1S/C28H37N5O2/c1-18(2)32(27(35)29-22-14-13-19(3)15-21(22)5)17-26(34)30-25-16-24(28(6,7)8)31-33(25)23-12-10-9-11-20(23)4/h9-16,18H,17H2,1-8H3,(H,29,35)(H,30,34). The monoisotopic (exact) mass is 475 g/mol. The van der Waals surface area contributed by atoms with Crippen molar-refractivity contribution in [2.75, 3.05) is 17.2 Å². The van der Waals surface area contributed by atoms with Gasteiger partial charge in [0.25, 0.3) is 0 Å². The van der Waals surface area contributed by atoms with Gasteiger partial charge in [-0.3, -0.25) is 4.79 Å². The molecule has 35 heavy (non-hydrogen) atoms. The average molecular weight is 476 g/mol. The molecule has 2 N–H and O–H groups in total. The number of hydrogen-bond donors (Lipinski definition) is 2. The number of benzene rings is 2. The Hall–Kier alpha value is -3.61. The lowest BCUT2D eigenvalue weighted by Crippen LogP contribution is -2.44. The molecule has 3 aromatic rings. The molecule has 0 atom stereocenters. The fourth-order valence-corrected chi connectivity index (χ4v) is 3.79.